The fraction of sp³-hybridized carbons (Fsp3) is 0.429. The van der Waals surface area contributed by atoms with Gasteiger partial charge in [-0.25, -0.2) is 5.84 Å². The molecule has 0 bridgehead atoms. The quantitative estimate of drug-likeness (QED) is 0.607. The molecule has 2 N–H and O–H groups in total. The Kier molecular flexibility index (Phi) is 2.16. The van der Waals surface area contributed by atoms with Gasteiger partial charge in [0, 0.05) is 10.7 Å². The molecule has 0 aromatic carbocycles. The Hall–Kier alpha value is -0.280. The van der Waals surface area contributed by atoms with Crippen LogP contribution in [0.3, 0.4) is 0 Å². The lowest BCUT2D eigenvalue weighted by atomic mass is 10.1. The van der Waals surface area contributed by atoms with Crippen molar-refractivity contribution in [3.63, 3.8) is 0 Å². The van der Waals surface area contributed by atoms with Crippen LogP contribution in [0.4, 0.5) is 0 Å². The summed E-state index contributed by atoms with van der Waals surface area (Å²) in [5, 5.41) is 1.68. The van der Waals surface area contributed by atoms with Crippen LogP contribution < -0.4 is 5.84 Å². The molecule has 0 fully saturated rings. The third-order valence-corrected chi connectivity index (χ3v) is 2.43. The van der Waals surface area contributed by atoms with Crippen molar-refractivity contribution in [1.29, 1.82) is 0 Å². The number of nitrogens with zero attached hydrogens (tertiary/aromatic N) is 1. The van der Waals surface area contributed by atoms with Crippen molar-refractivity contribution in [3.8, 4) is 0 Å². The molecule has 0 aromatic heterocycles. The van der Waals surface area contributed by atoms with Gasteiger partial charge in [-0.2, -0.15) is 0 Å². The van der Waals surface area contributed by atoms with E-state index >= 15 is 0 Å². The van der Waals surface area contributed by atoms with E-state index in [1.807, 2.05) is 6.20 Å². The van der Waals surface area contributed by atoms with Crippen molar-refractivity contribution < 1.29 is 0 Å². The zero-order chi connectivity index (χ0) is 7.72. The van der Waals surface area contributed by atoms with Crippen LogP contribution in [0.15, 0.2) is 22.3 Å². The SMILES string of the molecule is CC1=CC(C)N(N)C=C1Br. The second-order valence-electron chi connectivity index (χ2n) is 2.51. The molecule has 0 saturated carbocycles. The molecule has 1 atom stereocenters. The number of allylic oxidation sites excluding steroid dienone is 2. The predicted octanol–water partition coefficient (Wildman–Crippen LogP) is 1.75. The lowest BCUT2D eigenvalue weighted by Gasteiger charge is -2.24. The van der Waals surface area contributed by atoms with Crippen LogP contribution in [0.5, 0.6) is 0 Å². The summed E-state index contributed by atoms with van der Waals surface area (Å²) in [6.45, 7) is 4.11. The third kappa shape index (κ3) is 1.41. The molecule has 0 saturated heterocycles. The highest BCUT2D eigenvalue weighted by atomic mass is 79.9. The molecule has 2 nitrogen and oxygen atoms in total. The van der Waals surface area contributed by atoms with E-state index in [-0.39, 0.29) is 0 Å². The minimum Gasteiger partial charge on any atom is -0.311 e. The summed E-state index contributed by atoms with van der Waals surface area (Å²) in [5.74, 6) is 5.61. The van der Waals surface area contributed by atoms with Crippen LogP contribution >= 0.6 is 15.9 Å². The molecule has 1 aliphatic heterocycles. The second kappa shape index (κ2) is 2.76. The second-order valence-corrected chi connectivity index (χ2v) is 3.37. The Morgan fingerprint density at radius 3 is 2.80 bits per heavy atom. The molecule has 56 valence electrons. The van der Waals surface area contributed by atoms with Crippen molar-refractivity contribution >= 4 is 15.9 Å². The van der Waals surface area contributed by atoms with Crippen molar-refractivity contribution in [3.05, 3.63) is 22.3 Å². The van der Waals surface area contributed by atoms with Gasteiger partial charge in [-0.15, -0.1) is 0 Å². The molecule has 1 rings (SSSR count). The normalized spacial score (nSPS) is 26.0. The van der Waals surface area contributed by atoms with Gasteiger partial charge in [0.2, 0.25) is 0 Å². The van der Waals surface area contributed by atoms with E-state index in [1.165, 1.54) is 5.57 Å². The highest BCUT2D eigenvalue weighted by Crippen LogP contribution is 2.22. The van der Waals surface area contributed by atoms with E-state index in [0.717, 1.165) is 4.48 Å². The van der Waals surface area contributed by atoms with Crippen molar-refractivity contribution in [2.24, 2.45) is 5.84 Å². The van der Waals surface area contributed by atoms with Gasteiger partial charge in [0.05, 0.1) is 6.04 Å². The van der Waals surface area contributed by atoms with Crippen LogP contribution in [0.2, 0.25) is 0 Å². The fourth-order valence-electron chi connectivity index (χ4n) is 0.878. The van der Waals surface area contributed by atoms with Gasteiger partial charge >= 0.3 is 0 Å². The maximum atomic E-state index is 5.61. The van der Waals surface area contributed by atoms with E-state index in [1.54, 1.807) is 5.01 Å². The van der Waals surface area contributed by atoms with Gasteiger partial charge in [-0.05, 0) is 35.4 Å². The highest BCUT2D eigenvalue weighted by Gasteiger charge is 2.10. The van der Waals surface area contributed by atoms with E-state index in [2.05, 4.69) is 35.9 Å². The van der Waals surface area contributed by atoms with Crippen LogP contribution in [0.1, 0.15) is 13.8 Å². The number of hydrogen-bond acceptors (Lipinski definition) is 2. The van der Waals surface area contributed by atoms with Crippen molar-refractivity contribution in [2.75, 3.05) is 0 Å². The minimum absolute atomic E-state index is 0.307. The first kappa shape index (κ1) is 7.82. The predicted molar refractivity (Wildman–Crippen MR) is 46.3 cm³/mol. The molecule has 0 radical (unpaired) electrons. The first-order chi connectivity index (χ1) is 4.61. The summed E-state index contributed by atoms with van der Waals surface area (Å²) < 4.78 is 1.06. The number of hydrazine groups is 1. The van der Waals surface area contributed by atoms with Gasteiger partial charge in [-0.3, -0.25) is 0 Å². The largest absolute Gasteiger partial charge is 0.311 e. The van der Waals surface area contributed by atoms with Gasteiger partial charge in [0.1, 0.15) is 0 Å². The average Bonchev–Trinajstić information content (AvgIpc) is 1.84. The Morgan fingerprint density at radius 1 is 1.70 bits per heavy atom. The molecule has 0 aliphatic carbocycles. The third-order valence-electron chi connectivity index (χ3n) is 1.60. The molecule has 1 aliphatic rings. The maximum absolute atomic E-state index is 5.61. The van der Waals surface area contributed by atoms with Gasteiger partial charge in [-0.1, -0.05) is 6.08 Å². The van der Waals surface area contributed by atoms with Crippen LogP contribution in [-0.2, 0) is 0 Å². The summed E-state index contributed by atoms with van der Waals surface area (Å²) in [6, 6.07) is 0.307. The molecule has 0 spiro atoms. The first-order valence-electron chi connectivity index (χ1n) is 3.20. The molecule has 1 heterocycles. The number of halogens is 1. The highest BCUT2D eigenvalue weighted by molar-refractivity contribution is 9.12. The average molecular weight is 203 g/mol. The summed E-state index contributed by atoms with van der Waals surface area (Å²) in [5.41, 5.74) is 1.24. The summed E-state index contributed by atoms with van der Waals surface area (Å²) in [6.07, 6.45) is 4.00. The monoisotopic (exact) mass is 202 g/mol. The fourth-order valence-corrected chi connectivity index (χ4v) is 1.25. The van der Waals surface area contributed by atoms with E-state index in [0.29, 0.717) is 6.04 Å². The van der Waals surface area contributed by atoms with Crippen LogP contribution in [0, 0.1) is 0 Å². The maximum Gasteiger partial charge on any atom is 0.0604 e. The van der Waals surface area contributed by atoms with E-state index < -0.39 is 0 Å². The van der Waals surface area contributed by atoms with E-state index in [4.69, 9.17) is 5.84 Å². The lowest BCUT2D eigenvalue weighted by Crippen LogP contribution is -2.35. The molecular weight excluding hydrogens is 192 g/mol. The molecule has 3 heteroatoms. The molecule has 0 amide bonds. The smallest absolute Gasteiger partial charge is 0.0604 e. The Labute approximate surface area is 69.5 Å². The molecule has 1 unspecified atom stereocenters. The Bertz CT molecular complexity index is 174. The molecule has 10 heavy (non-hydrogen) atoms. The van der Waals surface area contributed by atoms with Crippen molar-refractivity contribution in [2.45, 2.75) is 19.9 Å². The van der Waals surface area contributed by atoms with Crippen LogP contribution in [0.25, 0.3) is 0 Å². The zero-order valence-corrected chi connectivity index (χ0v) is 7.72. The van der Waals surface area contributed by atoms with Crippen molar-refractivity contribution in [1.82, 2.24) is 5.01 Å². The van der Waals surface area contributed by atoms with Crippen LogP contribution in [-0.4, -0.2) is 11.1 Å². The zero-order valence-electron chi connectivity index (χ0n) is 6.13. The lowest BCUT2D eigenvalue weighted by molar-refractivity contribution is 0.344. The van der Waals surface area contributed by atoms with Gasteiger partial charge < -0.3 is 5.01 Å². The summed E-state index contributed by atoms with van der Waals surface area (Å²) >= 11 is 3.39. The molecular formula is C7H11BrN2. The Morgan fingerprint density at radius 2 is 2.30 bits per heavy atom. The standard InChI is InChI=1S/C7H11BrN2/c1-5-3-6(2)10(9)4-7(5)8/h3-4,6H,9H2,1-2H3. The first-order valence-corrected chi connectivity index (χ1v) is 3.99. The number of nitrogens with two attached hydrogens (primary N) is 1. The Balaban J connectivity index is 2.83. The summed E-state index contributed by atoms with van der Waals surface area (Å²) in [4.78, 5) is 0. The van der Waals surface area contributed by atoms with Gasteiger partial charge in [0.25, 0.3) is 0 Å². The van der Waals surface area contributed by atoms with E-state index in [9.17, 15) is 0 Å². The topological polar surface area (TPSA) is 29.3 Å². The molecule has 0 aromatic rings. The number of hydrogen-bond donors (Lipinski definition) is 1. The van der Waals surface area contributed by atoms with Gasteiger partial charge in [0.15, 0.2) is 0 Å². The number of rotatable bonds is 0. The minimum atomic E-state index is 0.307. The summed E-state index contributed by atoms with van der Waals surface area (Å²) in [7, 11) is 0.